The Kier molecular flexibility index (Phi) is 5.99. The summed E-state index contributed by atoms with van der Waals surface area (Å²) in [6.45, 7) is 2.56. The Labute approximate surface area is 156 Å². The van der Waals surface area contributed by atoms with Crippen molar-refractivity contribution in [2.45, 2.75) is 51.5 Å². The van der Waals surface area contributed by atoms with Crippen LogP contribution in [0.4, 0.5) is 0 Å². The molecule has 1 aromatic carbocycles. The molecule has 1 fully saturated rings. The summed E-state index contributed by atoms with van der Waals surface area (Å²) in [7, 11) is -2.21. The van der Waals surface area contributed by atoms with Crippen LogP contribution < -0.4 is 4.72 Å². The lowest BCUT2D eigenvalue weighted by atomic mass is 9.89. The molecule has 1 aliphatic carbocycles. The highest BCUT2D eigenvalue weighted by molar-refractivity contribution is 7.87. The molecule has 1 unspecified atom stereocenters. The largest absolute Gasteiger partial charge is 0.469 e. The Bertz CT molecular complexity index is 755. The van der Waals surface area contributed by atoms with Crippen LogP contribution in [0.25, 0.3) is 0 Å². The van der Waals surface area contributed by atoms with E-state index in [2.05, 4.69) is 16.9 Å². The van der Waals surface area contributed by atoms with Crippen LogP contribution >= 0.6 is 0 Å². The molecular weight excluding hydrogens is 352 g/mol. The van der Waals surface area contributed by atoms with E-state index in [9.17, 15) is 13.2 Å². The SMILES string of the molecule is COC(=O)C1CCN(S(=O)(=O)NC(C)c2ccc3c(c2)CCCC3)CC1. The minimum absolute atomic E-state index is 0.204. The number of benzene rings is 1. The summed E-state index contributed by atoms with van der Waals surface area (Å²) >= 11 is 0. The van der Waals surface area contributed by atoms with Crippen molar-refractivity contribution < 1.29 is 17.9 Å². The molecule has 0 amide bonds. The quantitative estimate of drug-likeness (QED) is 0.796. The molecule has 1 aromatic rings. The zero-order valence-electron chi connectivity index (χ0n) is 15.5. The lowest BCUT2D eigenvalue weighted by molar-refractivity contribution is -0.146. The number of hydrogen-bond donors (Lipinski definition) is 1. The highest BCUT2D eigenvalue weighted by Gasteiger charge is 2.32. The van der Waals surface area contributed by atoms with Crippen LogP contribution in [0, 0.1) is 5.92 Å². The first kappa shape index (κ1) is 19.3. The number of methoxy groups -OCH3 is 1. The maximum atomic E-state index is 12.7. The van der Waals surface area contributed by atoms with Crippen LogP contribution in [-0.2, 0) is 32.6 Å². The number of aryl methyl sites for hydroxylation is 2. The molecule has 144 valence electrons. The van der Waals surface area contributed by atoms with Crippen molar-refractivity contribution >= 4 is 16.2 Å². The highest BCUT2D eigenvalue weighted by Crippen LogP contribution is 2.26. The highest BCUT2D eigenvalue weighted by atomic mass is 32.2. The minimum Gasteiger partial charge on any atom is -0.469 e. The van der Waals surface area contributed by atoms with Crippen LogP contribution in [0.1, 0.15) is 55.3 Å². The summed E-state index contributed by atoms with van der Waals surface area (Å²) in [6, 6.07) is 6.02. The van der Waals surface area contributed by atoms with Crippen LogP contribution in [0.15, 0.2) is 18.2 Å². The predicted molar refractivity (Wildman–Crippen MR) is 99.9 cm³/mol. The van der Waals surface area contributed by atoms with Gasteiger partial charge in [0.1, 0.15) is 0 Å². The molecule has 0 saturated carbocycles. The fourth-order valence-corrected chi connectivity index (χ4v) is 5.31. The van der Waals surface area contributed by atoms with Gasteiger partial charge in [-0.05, 0) is 62.1 Å². The van der Waals surface area contributed by atoms with Gasteiger partial charge in [0, 0.05) is 19.1 Å². The van der Waals surface area contributed by atoms with Gasteiger partial charge in [-0.2, -0.15) is 17.4 Å². The van der Waals surface area contributed by atoms with E-state index in [-0.39, 0.29) is 17.9 Å². The number of rotatable bonds is 5. The maximum absolute atomic E-state index is 12.7. The molecule has 1 aliphatic heterocycles. The van der Waals surface area contributed by atoms with Crippen LogP contribution in [-0.4, -0.2) is 38.9 Å². The molecule has 1 saturated heterocycles. The second-order valence-electron chi connectivity index (χ2n) is 7.28. The molecule has 0 radical (unpaired) electrons. The third-order valence-electron chi connectivity index (χ3n) is 5.53. The number of carbonyl (C=O) groups is 1. The monoisotopic (exact) mass is 380 g/mol. The van der Waals surface area contributed by atoms with E-state index in [0.717, 1.165) is 18.4 Å². The van der Waals surface area contributed by atoms with E-state index in [1.54, 1.807) is 0 Å². The van der Waals surface area contributed by atoms with Gasteiger partial charge in [0.25, 0.3) is 10.2 Å². The summed E-state index contributed by atoms with van der Waals surface area (Å²) < 4.78 is 34.4. The first-order chi connectivity index (χ1) is 12.4. The lowest BCUT2D eigenvalue weighted by Gasteiger charge is -2.31. The third kappa shape index (κ3) is 4.27. The molecule has 1 atom stereocenters. The normalized spacial score (nSPS) is 20.4. The number of fused-ring (bicyclic) bond motifs is 1. The number of hydrogen-bond acceptors (Lipinski definition) is 4. The molecular formula is C19H28N2O4S. The van der Waals surface area contributed by atoms with Crippen LogP contribution in [0.5, 0.6) is 0 Å². The van der Waals surface area contributed by atoms with Crippen molar-refractivity contribution in [3.63, 3.8) is 0 Å². The van der Waals surface area contributed by atoms with Crippen molar-refractivity contribution in [3.8, 4) is 0 Å². The van der Waals surface area contributed by atoms with Crippen molar-refractivity contribution in [1.29, 1.82) is 0 Å². The van der Waals surface area contributed by atoms with E-state index >= 15 is 0 Å². The summed E-state index contributed by atoms with van der Waals surface area (Å²) in [5, 5.41) is 0. The first-order valence-corrected chi connectivity index (χ1v) is 10.8. The molecule has 0 aromatic heterocycles. The number of ether oxygens (including phenoxy) is 1. The Morgan fingerprint density at radius 3 is 2.50 bits per heavy atom. The smallest absolute Gasteiger partial charge is 0.308 e. The Hall–Kier alpha value is -1.44. The van der Waals surface area contributed by atoms with Crippen LogP contribution in [0.2, 0.25) is 0 Å². The van der Waals surface area contributed by atoms with Gasteiger partial charge in [-0.3, -0.25) is 4.79 Å². The van der Waals surface area contributed by atoms with E-state index in [1.807, 2.05) is 13.0 Å². The van der Waals surface area contributed by atoms with Crippen molar-refractivity contribution in [2.24, 2.45) is 5.92 Å². The van der Waals surface area contributed by atoms with Crippen LogP contribution in [0.3, 0.4) is 0 Å². The number of carbonyl (C=O) groups excluding carboxylic acids is 1. The zero-order chi connectivity index (χ0) is 18.7. The Balaban J connectivity index is 1.63. The van der Waals surface area contributed by atoms with Crippen molar-refractivity contribution in [2.75, 3.05) is 20.2 Å². The van der Waals surface area contributed by atoms with Gasteiger partial charge in [0.05, 0.1) is 13.0 Å². The average molecular weight is 381 g/mol. The molecule has 2 aliphatic rings. The molecule has 3 rings (SSSR count). The average Bonchev–Trinajstić information content (AvgIpc) is 2.66. The summed E-state index contributed by atoms with van der Waals surface area (Å²) in [5.41, 5.74) is 3.73. The second-order valence-corrected chi connectivity index (χ2v) is 8.98. The van der Waals surface area contributed by atoms with Gasteiger partial charge in [0.15, 0.2) is 0 Å². The van der Waals surface area contributed by atoms with Gasteiger partial charge < -0.3 is 4.74 Å². The standard InChI is InChI=1S/C19H28N2O4S/c1-14(17-8-7-15-5-3-4-6-18(15)13-17)20-26(23,24)21-11-9-16(10-12-21)19(22)25-2/h7-8,13-14,16,20H,3-6,9-12H2,1-2H3. The van der Waals surface area contributed by atoms with Gasteiger partial charge >= 0.3 is 5.97 Å². The molecule has 1 heterocycles. The fraction of sp³-hybridized carbons (Fsp3) is 0.632. The summed E-state index contributed by atoms with van der Waals surface area (Å²) in [5.74, 6) is -0.457. The molecule has 1 N–H and O–H groups in total. The second kappa shape index (κ2) is 8.06. The molecule has 26 heavy (non-hydrogen) atoms. The van der Waals surface area contributed by atoms with Crippen molar-refractivity contribution in [1.82, 2.24) is 9.03 Å². The zero-order valence-corrected chi connectivity index (χ0v) is 16.3. The van der Waals surface area contributed by atoms with Crippen molar-refractivity contribution in [3.05, 3.63) is 34.9 Å². The van der Waals surface area contributed by atoms with E-state index in [1.165, 1.54) is 35.4 Å². The molecule has 6 nitrogen and oxygen atoms in total. The summed E-state index contributed by atoms with van der Waals surface area (Å²) in [4.78, 5) is 11.6. The number of nitrogens with one attached hydrogen (secondary N) is 1. The molecule has 0 bridgehead atoms. The number of esters is 1. The Morgan fingerprint density at radius 1 is 1.19 bits per heavy atom. The maximum Gasteiger partial charge on any atom is 0.308 e. The first-order valence-electron chi connectivity index (χ1n) is 9.37. The van der Waals surface area contributed by atoms with Gasteiger partial charge in [-0.15, -0.1) is 0 Å². The van der Waals surface area contributed by atoms with Gasteiger partial charge in [-0.1, -0.05) is 18.2 Å². The predicted octanol–water partition coefficient (Wildman–Crippen LogP) is 2.35. The third-order valence-corrected chi connectivity index (χ3v) is 7.22. The number of piperidine rings is 1. The van der Waals surface area contributed by atoms with E-state index in [0.29, 0.717) is 25.9 Å². The van der Waals surface area contributed by atoms with E-state index < -0.39 is 10.2 Å². The topological polar surface area (TPSA) is 75.7 Å². The number of nitrogens with zero attached hydrogens (tertiary/aromatic N) is 1. The van der Waals surface area contributed by atoms with Gasteiger partial charge in [-0.25, -0.2) is 0 Å². The molecule has 7 heteroatoms. The Morgan fingerprint density at radius 2 is 1.85 bits per heavy atom. The van der Waals surface area contributed by atoms with Gasteiger partial charge in [0.2, 0.25) is 0 Å². The lowest BCUT2D eigenvalue weighted by Crippen LogP contribution is -2.46. The summed E-state index contributed by atoms with van der Waals surface area (Å²) in [6.07, 6.45) is 5.62. The molecule has 0 spiro atoms. The minimum atomic E-state index is -3.58. The fourth-order valence-electron chi connectivity index (χ4n) is 3.89. The van der Waals surface area contributed by atoms with E-state index in [4.69, 9.17) is 4.74 Å².